The number of rotatable bonds is 0. The van der Waals surface area contributed by atoms with Gasteiger partial charge >= 0.3 is 0 Å². The molecule has 0 unspecified atom stereocenters. The lowest BCUT2D eigenvalue weighted by atomic mass is 10.1. The zero-order valence-corrected chi connectivity index (χ0v) is 7.02. The average molecular weight is 152 g/mol. The molecule has 0 spiro atoms. The van der Waals surface area contributed by atoms with Crippen LogP contribution in [0.5, 0.6) is 0 Å². The highest BCUT2D eigenvalue weighted by molar-refractivity contribution is 5.35. The summed E-state index contributed by atoms with van der Waals surface area (Å²) in [6.45, 7) is 4.00. The molecule has 0 amide bonds. The molecule has 60 valence electrons. The van der Waals surface area contributed by atoms with Crippen LogP contribution in [0.3, 0.4) is 0 Å². The van der Waals surface area contributed by atoms with Gasteiger partial charge in [-0.15, -0.1) is 6.42 Å². The Kier molecular flexibility index (Phi) is 5.20. The van der Waals surface area contributed by atoms with Gasteiger partial charge in [-0.25, -0.2) is 4.39 Å². The van der Waals surface area contributed by atoms with E-state index >= 15 is 0 Å². The molecular formula is C10H13F. The second kappa shape index (κ2) is 5.73. The zero-order valence-electron chi connectivity index (χ0n) is 7.02. The number of halogens is 1. The topological polar surface area (TPSA) is 0 Å². The van der Waals surface area contributed by atoms with E-state index in [1.807, 2.05) is 13.8 Å². The molecule has 1 rings (SSSR count). The van der Waals surface area contributed by atoms with Gasteiger partial charge in [0.05, 0.1) is 0 Å². The predicted octanol–water partition coefficient (Wildman–Crippen LogP) is 3.22. The van der Waals surface area contributed by atoms with Crippen LogP contribution >= 0.6 is 0 Å². The summed E-state index contributed by atoms with van der Waals surface area (Å²) < 4.78 is 12.5. The molecule has 0 heterocycles. The normalized spacial score (nSPS) is 15.1. The van der Waals surface area contributed by atoms with Gasteiger partial charge in [-0.1, -0.05) is 25.8 Å². The van der Waals surface area contributed by atoms with Gasteiger partial charge in [0.1, 0.15) is 5.83 Å². The standard InChI is InChI=1S/C8H7F.C2H6/c1-2-7-5-3-4-6-8(7)9;1-2/h1,4,6H,3,5H2;1-2H3. The fraction of sp³-hybridized carbons (Fsp3) is 0.400. The maximum absolute atomic E-state index is 12.5. The van der Waals surface area contributed by atoms with E-state index in [0.717, 1.165) is 6.42 Å². The molecular weight excluding hydrogens is 139 g/mol. The second-order valence-electron chi connectivity index (χ2n) is 1.91. The average Bonchev–Trinajstić information content (AvgIpc) is 2.09. The van der Waals surface area contributed by atoms with Gasteiger partial charge in [0.25, 0.3) is 0 Å². The third-order valence-corrected chi connectivity index (χ3v) is 1.29. The number of terminal acetylenes is 1. The summed E-state index contributed by atoms with van der Waals surface area (Å²) in [5, 5.41) is 0. The van der Waals surface area contributed by atoms with Crippen molar-refractivity contribution in [1.29, 1.82) is 0 Å². The minimum Gasteiger partial charge on any atom is -0.206 e. The minimum absolute atomic E-state index is 0.247. The molecule has 0 nitrogen and oxygen atoms in total. The van der Waals surface area contributed by atoms with E-state index in [1.165, 1.54) is 6.08 Å². The minimum atomic E-state index is -0.247. The van der Waals surface area contributed by atoms with Crippen LogP contribution in [-0.2, 0) is 0 Å². The summed E-state index contributed by atoms with van der Waals surface area (Å²) in [6, 6.07) is 0. The van der Waals surface area contributed by atoms with Crippen molar-refractivity contribution in [3.8, 4) is 12.3 Å². The smallest absolute Gasteiger partial charge is 0.134 e. The number of allylic oxidation sites excluding steroid dienone is 4. The van der Waals surface area contributed by atoms with Crippen molar-refractivity contribution >= 4 is 0 Å². The first-order valence-electron chi connectivity index (χ1n) is 3.86. The van der Waals surface area contributed by atoms with Crippen molar-refractivity contribution in [2.24, 2.45) is 0 Å². The molecule has 0 N–H and O–H groups in total. The molecule has 1 aliphatic carbocycles. The van der Waals surface area contributed by atoms with Crippen LogP contribution in [0.25, 0.3) is 0 Å². The summed E-state index contributed by atoms with van der Waals surface area (Å²) in [7, 11) is 0. The fourth-order valence-electron chi connectivity index (χ4n) is 0.776. The Morgan fingerprint density at radius 2 is 2.18 bits per heavy atom. The van der Waals surface area contributed by atoms with Gasteiger partial charge in [0.2, 0.25) is 0 Å². The summed E-state index contributed by atoms with van der Waals surface area (Å²) in [5.41, 5.74) is 0.498. The van der Waals surface area contributed by atoms with Crippen molar-refractivity contribution < 1.29 is 4.39 Å². The maximum atomic E-state index is 12.5. The summed E-state index contributed by atoms with van der Waals surface area (Å²) >= 11 is 0. The van der Waals surface area contributed by atoms with E-state index in [1.54, 1.807) is 6.08 Å². The van der Waals surface area contributed by atoms with Crippen LogP contribution in [0.15, 0.2) is 23.6 Å². The molecule has 0 atom stereocenters. The SMILES string of the molecule is C#CC1=C(F)C=CCC1.CC. The lowest BCUT2D eigenvalue weighted by Gasteiger charge is -2.01. The second-order valence-corrected chi connectivity index (χ2v) is 1.91. The number of hydrogen-bond acceptors (Lipinski definition) is 0. The number of hydrogen-bond donors (Lipinski definition) is 0. The first-order chi connectivity index (χ1) is 5.34. The van der Waals surface area contributed by atoms with Gasteiger partial charge in [0.15, 0.2) is 0 Å². The summed E-state index contributed by atoms with van der Waals surface area (Å²) in [4.78, 5) is 0. The van der Waals surface area contributed by atoms with Gasteiger partial charge in [0, 0.05) is 5.57 Å². The van der Waals surface area contributed by atoms with Crippen molar-refractivity contribution in [3.63, 3.8) is 0 Å². The van der Waals surface area contributed by atoms with Crippen molar-refractivity contribution in [2.45, 2.75) is 26.7 Å². The van der Waals surface area contributed by atoms with E-state index in [0.29, 0.717) is 12.0 Å². The quantitative estimate of drug-likeness (QED) is 0.467. The third kappa shape index (κ3) is 3.04. The molecule has 0 aromatic carbocycles. The predicted molar refractivity (Wildman–Crippen MR) is 46.7 cm³/mol. The molecule has 0 saturated carbocycles. The Bertz CT molecular complexity index is 203. The van der Waals surface area contributed by atoms with E-state index in [2.05, 4.69) is 5.92 Å². The first-order valence-corrected chi connectivity index (χ1v) is 3.86. The molecule has 0 aromatic rings. The van der Waals surface area contributed by atoms with E-state index in [-0.39, 0.29) is 5.83 Å². The van der Waals surface area contributed by atoms with Crippen LogP contribution in [0.1, 0.15) is 26.7 Å². The van der Waals surface area contributed by atoms with Crippen LogP contribution in [0.4, 0.5) is 4.39 Å². The molecule has 1 heteroatoms. The Morgan fingerprint density at radius 1 is 1.55 bits per heavy atom. The monoisotopic (exact) mass is 152 g/mol. The zero-order chi connectivity index (χ0) is 8.69. The van der Waals surface area contributed by atoms with Gasteiger partial charge in [-0.05, 0) is 18.9 Å². The molecule has 0 saturated heterocycles. The van der Waals surface area contributed by atoms with Crippen molar-refractivity contribution in [3.05, 3.63) is 23.6 Å². The van der Waals surface area contributed by atoms with Crippen LogP contribution < -0.4 is 0 Å². The van der Waals surface area contributed by atoms with E-state index in [9.17, 15) is 4.39 Å². The molecule has 0 aliphatic heterocycles. The highest BCUT2D eigenvalue weighted by Gasteiger charge is 2.03. The molecule has 0 fully saturated rings. The molecule has 0 radical (unpaired) electrons. The highest BCUT2D eigenvalue weighted by atomic mass is 19.1. The largest absolute Gasteiger partial charge is 0.206 e. The van der Waals surface area contributed by atoms with E-state index < -0.39 is 0 Å². The van der Waals surface area contributed by atoms with E-state index in [4.69, 9.17) is 6.42 Å². The van der Waals surface area contributed by atoms with Crippen LogP contribution in [-0.4, -0.2) is 0 Å². The fourth-order valence-corrected chi connectivity index (χ4v) is 0.776. The Hall–Kier alpha value is -1.03. The molecule has 11 heavy (non-hydrogen) atoms. The van der Waals surface area contributed by atoms with Gasteiger partial charge < -0.3 is 0 Å². The van der Waals surface area contributed by atoms with Crippen LogP contribution in [0.2, 0.25) is 0 Å². The lowest BCUT2D eigenvalue weighted by Crippen LogP contribution is -1.86. The Labute approximate surface area is 67.8 Å². The first kappa shape index (κ1) is 9.97. The van der Waals surface area contributed by atoms with Crippen LogP contribution in [0, 0.1) is 12.3 Å². The summed E-state index contributed by atoms with van der Waals surface area (Å²) in [6.07, 6.45) is 9.78. The Morgan fingerprint density at radius 3 is 2.55 bits per heavy atom. The lowest BCUT2D eigenvalue weighted by molar-refractivity contribution is 0.644. The third-order valence-electron chi connectivity index (χ3n) is 1.29. The van der Waals surface area contributed by atoms with Gasteiger partial charge in [-0.3, -0.25) is 0 Å². The highest BCUT2D eigenvalue weighted by Crippen LogP contribution is 2.18. The van der Waals surface area contributed by atoms with Crippen molar-refractivity contribution in [1.82, 2.24) is 0 Å². The molecule has 0 aromatic heterocycles. The maximum Gasteiger partial charge on any atom is 0.134 e. The van der Waals surface area contributed by atoms with Crippen molar-refractivity contribution in [2.75, 3.05) is 0 Å². The van der Waals surface area contributed by atoms with Gasteiger partial charge in [-0.2, -0.15) is 0 Å². The Balaban J connectivity index is 0.000000461. The summed E-state index contributed by atoms with van der Waals surface area (Å²) in [5.74, 6) is 2.06. The molecule has 0 bridgehead atoms. The molecule has 1 aliphatic rings.